The van der Waals surface area contributed by atoms with Crippen molar-refractivity contribution in [3.8, 4) is 5.75 Å². The molecule has 2 aromatic heterocycles. The van der Waals surface area contributed by atoms with Crippen molar-refractivity contribution >= 4 is 22.7 Å². The average molecular weight is 397 g/mol. The lowest BCUT2D eigenvalue weighted by molar-refractivity contribution is 0.0600. The van der Waals surface area contributed by atoms with E-state index in [2.05, 4.69) is 28.2 Å². The third-order valence-corrected chi connectivity index (χ3v) is 5.27. The number of ether oxygens (including phenoxy) is 2. The molecule has 0 fully saturated rings. The Hall–Kier alpha value is -3.93. The Bertz CT molecular complexity index is 1290. The minimum Gasteiger partial charge on any atom is -0.488 e. The Morgan fingerprint density at radius 2 is 2.03 bits per heavy atom. The van der Waals surface area contributed by atoms with Crippen LogP contribution in [0.4, 0.5) is 0 Å². The molecule has 3 heterocycles. The van der Waals surface area contributed by atoms with Gasteiger partial charge in [-0.1, -0.05) is 30.3 Å². The Morgan fingerprint density at radius 3 is 2.93 bits per heavy atom. The van der Waals surface area contributed by atoms with Crippen LogP contribution in [0.25, 0.3) is 16.7 Å². The van der Waals surface area contributed by atoms with Gasteiger partial charge in [-0.15, -0.1) is 0 Å². The monoisotopic (exact) mass is 397 g/mol. The lowest BCUT2D eigenvalue weighted by Gasteiger charge is -2.12. The second-order valence-electron chi connectivity index (χ2n) is 7.01. The number of pyridine rings is 1. The van der Waals surface area contributed by atoms with Crippen LogP contribution in [0.15, 0.2) is 73.2 Å². The summed E-state index contributed by atoms with van der Waals surface area (Å²) in [5.41, 5.74) is 6.23. The maximum atomic E-state index is 12.1. The molecule has 6 nitrogen and oxygen atoms in total. The zero-order valence-corrected chi connectivity index (χ0v) is 16.4. The Balaban J connectivity index is 1.65. The van der Waals surface area contributed by atoms with Crippen molar-refractivity contribution in [2.45, 2.75) is 13.2 Å². The van der Waals surface area contributed by atoms with Gasteiger partial charge in [0, 0.05) is 18.3 Å². The van der Waals surface area contributed by atoms with Crippen LogP contribution >= 0.6 is 0 Å². The summed E-state index contributed by atoms with van der Waals surface area (Å²) in [6.45, 7) is 1.07. The van der Waals surface area contributed by atoms with Crippen molar-refractivity contribution in [2.75, 3.05) is 7.11 Å². The molecule has 0 spiro atoms. The fourth-order valence-electron chi connectivity index (χ4n) is 3.77. The van der Waals surface area contributed by atoms with Crippen LogP contribution in [0.1, 0.15) is 27.0 Å². The number of benzene rings is 2. The number of hydrogen-bond donors (Lipinski definition) is 0. The zero-order chi connectivity index (χ0) is 20.5. The number of nitrogens with zero attached hydrogens (tertiary/aromatic N) is 3. The molecule has 0 atom stereocenters. The summed E-state index contributed by atoms with van der Waals surface area (Å²) >= 11 is 0. The van der Waals surface area contributed by atoms with E-state index in [0.717, 1.165) is 33.5 Å². The van der Waals surface area contributed by atoms with Gasteiger partial charge in [0.2, 0.25) is 0 Å². The highest BCUT2D eigenvalue weighted by atomic mass is 16.5. The van der Waals surface area contributed by atoms with E-state index in [1.807, 2.05) is 41.0 Å². The standard InChI is InChI=1S/C24H19N3O3/c1-29-24(28)16-8-9-22-20(13-16)19(18-6-3-2-5-17(18)14-30-22)10-12-27-15-26-23-21(27)7-4-11-25-23/h2-11,13,15H,12,14H2,1H3/b19-10+. The summed E-state index contributed by atoms with van der Waals surface area (Å²) in [5.74, 6) is 0.364. The van der Waals surface area contributed by atoms with E-state index in [1.165, 1.54) is 7.11 Å². The molecule has 0 amide bonds. The summed E-state index contributed by atoms with van der Waals surface area (Å²) < 4.78 is 13.0. The molecule has 0 bridgehead atoms. The molecular weight excluding hydrogens is 378 g/mol. The van der Waals surface area contributed by atoms with Crippen LogP contribution < -0.4 is 4.74 Å². The van der Waals surface area contributed by atoms with Crippen molar-refractivity contribution in [1.29, 1.82) is 0 Å². The highest BCUT2D eigenvalue weighted by molar-refractivity contribution is 5.93. The van der Waals surface area contributed by atoms with Crippen molar-refractivity contribution in [3.05, 3.63) is 95.5 Å². The van der Waals surface area contributed by atoms with Crippen LogP contribution in [-0.2, 0) is 17.9 Å². The van der Waals surface area contributed by atoms with E-state index in [9.17, 15) is 4.79 Å². The SMILES string of the molecule is COC(=O)c1ccc2c(c1)/C(=C/Cn1cnc3ncccc31)c1ccccc1CO2. The molecule has 0 saturated heterocycles. The van der Waals surface area contributed by atoms with Crippen molar-refractivity contribution in [2.24, 2.45) is 0 Å². The summed E-state index contributed by atoms with van der Waals surface area (Å²) in [5, 5.41) is 0. The number of carbonyl (C=O) groups is 1. The predicted octanol–water partition coefficient (Wildman–Crippen LogP) is 4.24. The number of imidazole rings is 1. The first kappa shape index (κ1) is 18.1. The zero-order valence-electron chi connectivity index (χ0n) is 16.4. The second kappa shape index (κ2) is 7.48. The molecule has 30 heavy (non-hydrogen) atoms. The van der Waals surface area contributed by atoms with E-state index >= 15 is 0 Å². The minimum atomic E-state index is -0.374. The third kappa shape index (κ3) is 3.12. The number of carbonyl (C=O) groups excluding carboxylic acids is 1. The molecular formula is C24H19N3O3. The van der Waals surface area contributed by atoms with E-state index < -0.39 is 0 Å². The van der Waals surface area contributed by atoms with Gasteiger partial charge in [-0.2, -0.15) is 0 Å². The molecule has 0 unspecified atom stereocenters. The Labute approximate surface area is 173 Å². The molecule has 1 aliphatic rings. The van der Waals surface area contributed by atoms with Gasteiger partial charge in [0.25, 0.3) is 0 Å². The molecule has 0 radical (unpaired) electrons. The van der Waals surface area contributed by atoms with Gasteiger partial charge in [0.05, 0.1) is 24.5 Å². The smallest absolute Gasteiger partial charge is 0.337 e. The number of esters is 1. The van der Waals surface area contributed by atoms with Gasteiger partial charge in [-0.05, 0) is 47.0 Å². The maximum Gasteiger partial charge on any atom is 0.337 e. The fraction of sp³-hybridized carbons (Fsp3) is 0.125. The van der Waals surface area contributed by atoms with E-state index in [-0.39, 0.29) is 5.97 Å². The largest absolute Gasteiger partial charge is 0.488 e. The molecule has 0 saturated carbocycles. The molecule has 4 aromatic rings. The van der Waals surface area contributed by atoms with E-state index in [0.29, 0.717) is 24.4 Å². The third-order valence-electron chi connectivity index (χ3n) is 5.27. The number of aromatic nitrogens is 3. The summed E-state index contributed by atoms with van der Waals surface area (Å²) in [6, 6.07) is 17.5. The number of allylic oxidation sites excluding steroid dienone is 1. The normalized spacial score (nSPS) is 14.0. The average Bonchev–Trinajstić information content (AvgIpc) is 3.14. The van der Waals surface area contributed by atoms with Crippen LogP contribution in [-0.4, -0.2) is 27.6 Å². The molecule has 148 valence electrons. The molecule has 0 N–H and O–H groups in total. The maximum absolute atomic E-state index is 12.1. The topological polar surface area (TPSA) is 66.2 Å². The van der Waals surface area contributed by atoms with Crippen LogP contribution in [0, 0.1) is 0 Å². The van der Waals surface area contributed by atoms with Crippen molar-refractivity contribution in [3.63, 3.8) is 0 Å². The van der Waals surface area contributed by atoms with Gasteiger partial charge in [-0.25, -0.2) is 14.8 Å². The van der Waals surface area contributed by atoms with Crippen molar-refractivity contribution in [1.82, 2.24) is 14.5 Å². The van der Waals surface area contributed by atoms with Gasteiger partial charge in [0.15, 0.2) is 5.65 Å². The quantitative estimate of drug-likeness (QED) is 0.484. The highest BCUT2D eigenvalue weighted by Gasteiger charge is 2.21. The van der Waals surface area contributed by atoms with E-state index in [1.54, 1.807) is 18.6 Å². The summed E-state index contributed by atoms with van der Waals surface area (Å²) in [7, 11) is 1.38. The second-order valence-corrected chi connectivity index (χ2v) is 7.01. The lowest BCUT2D eigenvalue weighted by atomic mass is 9.93. The predicted molar refractivity (Wildman–Crippen MR) is 113 cm³/mol. The van der Waals surface area contributed by atoms with Crippen LogP contribution in [0.5, 0.6) is 5.75 Å². The number of rotatable bonds is 3. The highest BCUT2D eigenvalue weighted by Crippen LogP contribution is 2.37. The van der Waals surface area contributed by atoms with Crippen molar-refractivity contribution < 1.29 is 14.3 Å². The number of hydrogen-bond acceptors (Lipinski definition) is 5. The molecule has 2 aromatic carbocycles. The first-order valence-electron chi connectivity index (χ1n) is 9.64. The van der Waals surface area contributed by atoms with E-state index in [4.69, 9.17) is 9.47 Å². The van der Waals surface area contributed by atoms with Gasteiger partial charge in [0.1, 0.15) is 12.4 Å². The number of methoxy groups -OCH3 is 1. The molecule has 0 aliphatic carbocycles. The lowest BCUT2D eigenvalue weighted by Crippen LogP contribution is -2.03. The molecule has 5 rings (SSSR count). The Kier molecular flexibility index (Phi) is 4.52. The first-order valence-corrected chi connectivity index (χ1v) is 9.64. The molecule has 6 heteroatoms. The fourth-order valence-corrected chi connectivity index (χ4v) is 3.77. The van der Waals surface area contributed by atoms with Crippen LogP contribution in [0.2, 0.25) is 0 Å². The summed E-state index contributed by atoms with van der Waals surface area (Å²) in [6.07, 6.45) is 5.67. The van der Waals surface area contributed by atoms with Gasteiger partial charge < -0.3 is 14.0 Å². The van der Waals surface area contributed by atoms with Gasteiger partial charge in [-0.3, -0.25) is 0 Å². The summed E-state index contributed by atoms with van der Waals surface area (Å²) in [4.78, 5) is 20.8. The Morgan fingerprint density at radius 1 is 1.13 bits per heavy atom. The first-order chi connectivity index (χ1) is 14.7. The molecule has 1 aliphatic heterocycles. The number of fused-ring (bicyclic) bond motifs is 3. The van der Waals surface area contributed by atoms with Crippen LogP contribution in [0.3, 0.4) is 0 Å². The minimum absolute atomic E-state index is 0.374. The van der Waals surface area contributed by atoms with Gasteiger partial charge >= 0.3 is 5.97 Å².